The van der Waals surface area contributed by atoms with Crippen molar-refractivity contribution in [3.8, 4) is 5.75 Å². The molecule has 0 unspecified atom stereocenters. The Balaban J connectivity index is 0.00000280. The van der Waals surface area contributed by atoms with Crippen LogP contribution in [0.3, 0.4) is 0 Å². The van der Waals surface area contributed by atoms with Crippen LogP contribution < -0.4 is 20.7 Å². The van der Waals surface area contributed by atoms with Crippen molar-refractivity contribution in [2.45, 2.75) is 19.8 Å². The summed E-state index contributed by atoms with van der Waals surface area (Å²) >= 11 is 0. The molecule has 2 heterocycles. The summed E-state index contributed by atoms with van der Waals surface area (Å²) in [6.45, 7) is 4.75. The van der Waals surface area contributed by atoms with E-state index < -0.39 is 0 Å². The number of hydrogen-bond donors (Lipinski definition) is 3. The average Bonchev–Trinajstić information content (AvgIpc) is 3.21. The molecule has 2 amide bonds. The van der Waals surface area contributed by atoms with Gasteiger partial charge in [0.2, 0.25) is 0 Å². The molecule has 2 aromatic rings. The molecule has 0 saturated carbocycles. The Bertz CT molecular complexity index is 774. The minimum atomic E-state index is -0.342. The van der Waals surface area contributed by atoms with Crippen molar-refractivity contribution in [3.05, 3.63) is 48.4 Å². The average molecular weight is 408 g/mol. The maximum atomic E-state index is 12.1. The van der Waals surface area contributed by atoms with Crippen molar-refractivity contribution in [1.29, 1.82) is 0 Å². The van der Waals surface area contributed by atoms with Crippen LogP contribution in [0.4, 0.5) is 5.69 Å². The van der Waals surface area contributed by atoms with Gasteiger partial charge in [-0.3, -0.25) is 9.59 Å². The van der Waals surface area contributed by atoms with Gasteiger partial charge in [0.15, 0.2) is 12.4 Å². The summed E-state index contributed by atoms with van der Waals surface area (Å²) in [5.41, 5.74) is 0.702. The molecule has 7 nitrogen and oxygen atoms in total. The first-order chi connectivity index (χ1) is 13.0. The van der Waals surface area contributed by atoms with Crippen LogP contribution in [0.25, 0.3) is 0 Å². The van der Waals surface area contributed by atoms with Crippen LogP contribution in [0.5, 0.6) is 5.75 Å². The minimum absolute atomic E-state index is 0. The molecule has 0 atom stereocenters. The Morgan fingerprint density at radius 3 is 2.71 bits per heavy atom. The number of amides is 2. The molecule has 1 aromatic carbocycles. The van der Waals surface area contributed by atoms with E-state index in [1.807, 2.05) is 0 Å². The van der Waals surface area contributed by atoms with E-state index in [2.05, 4.69) is 22.9 Å². The smallest absolute Gasteiger partial charge is 0.291 e. The molecule has 0 radical (unpaired) electrons. The van der Waals surface area contributed by atoms with Gasteiger partial charge in [-0.25, -0.2) is 0 Å². The molecule has 0 spiro atoms. The second kappa shape index (κ2) is 10.1. The number of rotatable bonds is 7. The zero-order valence-electron chi connectivity index (χ0n) is 15.8. The lowest BCUT2D eigenvalue weighted by molar-refractivity contribution is -0.123. The molecule has 28 heavy (non-hydrogen) atoms. The monoisotopic (exact) mass is 407 g/mol. The standard InChI is InChI=1S/C20H25N3O4.ClH/c1-20(7-9-21-10-8-20)14-22-18(24)13-27-16-5-2-4-15(12-16)23-19(25)17-6-3-11-26-17;/h2-6,11-12,21H,7-10,13-14H2,1H3,(H,22,24)(H,23,25);1H. The first-order valence-electron chi connectivity index (χ1n) is 9.09. The van der Waals surface area contributed by atoms with Gasteiger partial charge in [-0.2, -0.15) is 0 Å². The van der Waals surface area contributed by atoms with Crippen LogP contribution >= 0.6 is 12.4 Å². The number of carbonyl (C=O) groups is 2. The highest BCUT2D eigenvalue weighted by atomic mass is 35.5. The van der Waals surface area contributed by atoms with E-state index in [1.54, 1.807) is 36.4 Å². The van der Waals surface area contributed by atoms with E-state index in [1.165, 1.54) is 6.26 Å². The topological polar surface area (TPSA) is 92.6 Å². The van der Waals surface area contributed by atoms with Gasteiger partial charge in [0.25, 0.3) is 11.8 Å². The Kier molecular flexibility index (Phi) is 7.90. The van der Waals surface area contributed by atoms with E-state index in [4.69, 9.17) is 9.15 Å². The molecule has 1 aliphatic heterocycles. The highest BCUT2D eigenvalue weighted by Gasteiger charge is 2.26. The van der Waals surface area contributed by atoms with Crippen molar-refractivity contribution in [3.63, 3.8) is 0 Å². The predicted octanol–water partition coefficient (Wildman–Crippen LogP) is 2.84. The number of furan rings is 1. The van der Waals surface area contributed by atoms with Crippen LogP contribution in [-0.4, -0.2) is 38.1 Å². The maximum Gasteiger partial charge on any atom is 0.291 e. The van der Waals surface area contributed by atoms with Crippen molar-refractivity contribution >= 4 is 29.9 Å². The predicted molar refractivity (Wildman–Crippen MR) is 109 cm³/mol. The normalized spacial score (nSPS) is 15.2. The second-order valence-corrected chi connectivity index (χ2v) is 7.09. The van der Waals surface area contributed by atoms with E-state index in [0.717, 1.165) is 25.9 Å². The van der Waals surface area contributed by atoms with Gasteiger partial charge in [0.1, 0.15) is 5.75 Å². The Morgan fingerprint density at radius 2 is 2.00 bits per heavy atom. The van der Waals surface area contributed by atoms with Gasteiger partial charge in [-0.15, -0.1) is 12.4 Å². The van der Waals surface area contributed by atoms with Crippen molar-refractivity contribution in [2.75, 3.05) is 31.6 Å². The second-order valence-electron chi connectivity index (χ2n) is 7.09. The molecule has 8 heteroatoms. The molecular weight excluding hydrogens is 382 g/mol. The number of hydrogen-bond acceptors (Lipinski definition) is 5. The zero-order chi connectivity index (χ0) is 19.1. The molecular formula is C20H26ClN3O4. The minimum Gasteiger partial charge on any atom is -0.484 e. The number of carbonyl (C=O) groups excluding carboxylic acids is 2. The largest absolute Gasteiger partial charge is 0.484 e. The summed E-state index contributed by atoms with van der Waals surface area (Å²) in [4.78, 5) is 24.1. The first kappa shape index (κ1) is 21.8. The van der Waals surface area contributed by atoms with Crippen molar-refractivity contribution in [2.24, 2.45) is 5.41 Å². The zero-order valence-corrected chi connectivity index (χ0v) is 16.6. The van der Waals surface area contributed by atoms with Crippen LogP contribution in [0, 0.1) is 5.41 Å². The van der Waals surface area contributed by atoms with Crippen LogP contribution in [0.15, 0.2) is 47.1 Å². The van der Waals surface area contributed by atoms with E-state index in [9.17, 15) is 9.59 Å². The summed E-state index contributed by atoms with van der Waals surface area (Å²) < 4.78 is 10.6. The quantitative estimate of drug-likeness (QED) is 0.656. The molecule has 1 fully saturated rings. The first-order valence-corrected chi connectivity index (χ1v) is 9.09. The molecule has 3 N–H and O–H groups in total. The van der Waals surface area contributed by atoms with Gasteiger partial charge in [0.05, 0.1) is 6.26 Å². The summed E-state index contributed by atoms with van der Waals surface area (Å²) in [7, 11) is 0. The van der Waals surface area contributed by atoms with Crippen molar-refractivity contribution < 1.29 is 18.7 Å². The summed E-state index contributed by atoms with van der Waals surface area (Å²) in [6.07, 6.45) is 3.54. The Morgan fingerprint density at radius 1 is 1.21 bits per heavy atom. The number of ether oxygens (including phenoxy) is 1. The van der Waals surface area contributed by atoms with Crippen LogP contribution in [0.1, 0.15) is 30.3 Å². The molecule has 0 aliphatic carbocycles. The number of halogens is 1. The molecule has 1 aromatic heterocycles. The molecule has 1 saturated heterocycles. The summed E-state index contributed by atoms with van der Waals surface area (Å²) in [5, 5.41) is 9.01. The highest BCUT2D eigenvalue weighted by Crippen LogP contribution is 2.26. The van der Waals surface area contributed by atoms with Gasteiger partial charge in [0, 0.05) is 18.3 Å². The lowest BCUT2D eigenvalue weighted by Crippen LogP contribution is -2.43. The SMILES string of the molecule is CC1(CNC(=O)COc2cccc(NC(=O)c3ccco3)c2)CCNCC1.Cl. The third-order valence-corrected chi connectivity index (χ3v) is 4.73. The van der Waals surface area contributed by atoms with Crippen LogP contribution in [0.2, 0.25) is 0 Å². The third-order valence-electron chi connectivity index (χ3n) is 4.73. The van der Waals surface area contributed by atoms with Gasteiger partial charge >= 0.3 is 0 Å². The molecule has 0 bridgehead atoms. The van der Waals surface area contributed by atoms with E-state index in [-0.39, 0.29) is 42.0 Å². The van der Waals surface area contributed by atoms with Gasteiger partial charge in [-0.05, 0) is 55.6 Å². The molecule has 3 rings (SSSR count). The Hall–Kier alpha value is -2.51. The fourth-order valence-corrected chi connectivity index (χ4v) is 2.98. The maximum absolute atomic E-state index is 12.1. The van der Waals surface area contributed by atoms with Crippen LogP contribution in [-0.2, 0) is 4.79 Å². The van der Waals surface area contributed by atoms with E-state index >= 15 is 0 Å². The lowest BCUT2D eigenvalue weighted by Gasteiger charge is -2.34. The van der Waals surface area contributed by atoms with E-state index in [0.29, 0.717) is 18.0 Å². The van der Waals surface area contributed by atoms with Gasteiger partial charge in [-0.1, -0.05) is 13.0 Å². The number of nitrogens with one attached hydrogen (secondary N) is 3. The number of anilines is 1. The summed E-state index contributed by atoms with van der Waals surface area (Å²) in [5.74, 6) is 0.243. The van der Waals surface area contributed by atoms with Crippen molar-refractivity contribution in [1.82, 2.24) is 10.6 Å². The molecule has 152 valence electrons. The highest BCUT2D eigenvalue weighted by molar-refractivity contribution is 6.02. The third kappa shape index (κ3) is 6.28. The van der Waals surface area contributed by atoms with Gasteiger partial charge < -0.3 is 25.1 Å². The Labute approximate surface area is 170 Å². The fraction of sp³-hybridized carbons (Fsp3) is 0.400. The lowest BCUT2D eigenvalue weighted by atomic mass is 9.81. The number of benzene rings is 1. The fourth-order valence-electron chi connectivity index (χ4n) is 2.98. The number of piperidine rings is 1. The molecule has 1 aliphatic rings. The summed E-state index contributed by atoms with van der Waals surface area (Å²) in [6, 6.07) is 10.1.